The third kappa shape index (κ3) is 3.25. The maximum Gasteiger partial charge on any atom is 0.231 e. The summed E-state index contributed by atoms with van der Waals surface area (Å²) in [6.07, 6.45) is 5.64. The first-order chi connectivity index (χ1) is 12.5. The normalized spacial score (nSPS) is 19.1. The van der Waals surface area contributed by atoms with Crippen LogP contribution in [0, 0.1) is 12.8 Å². The van der Waals surface area contributed by atoms with Crippen LogP contribution >= 0.6 is 23.1 Å². The van der Waals surface area contributed by atoms with Crippen LogP contribution in [0.2, 0.25) is 0 Å². The number of carbonyl (C=O) groups is 2. The van der Waals surface area contributed by atoms with Crippen LogP contribution in [0.15, 0.2) is 22.4 Å². The summed E-state index contributed by atoms with van der Waals surface area (Å²) >= 11 is 3.11. The molecule has 1 unspecified atom stereocenters. The fourth-order valence-electron chi connectivity index (χ4n) is 3.69. The molecule has 26 heavy (non-hydrogen) atoms. The van der Waals surface area contributed by atoms with Crippen molar-refractivity contribution in [3.63, 3.8) is 0 Å². The molecule has 2 amide bonds. The average Bonchev–Trinajstić information content (AvgIpc) is 3.32. The van der Waals surface area contributed by atoms with Crippen molar-refractivity contribution in [2.24, 2.45) is 5.92 Å². The molecular formula is C19H21N3O2S2. The molecule has 2 aromatic rings. The standard InChI is InChI=1S/C19H21N3O2S2/c1-11-18(25-2)26-19(20-11)21-17(24)14-9-16(23)22(10-14)15-7-6-12-4-3-5-13(12)8-15/h6-8,14H,3-5,9-10H2,1-2H3,(H,20,21,24). The van der Waals surface area contributed by atoms with Gasteiger partial charge in [0.25, 0.3) is 0 Å². The zero-order valence-corrected chi connectivity index (χ0v) is 16.5. The first-order valence-electron chi connectivity index (χ1n) is 8.79. The van der Waals surface area contributed by atoms with E-state index in [1.807, 2.05) is 19.2 Å². The van der Waals surface area contributed by atoms with Gasteiger partial charge in [0.2, 0.25) is 11.8 Å². The van der Waals surface area contributed by atoms with Crippen molar-refractivity contribution in [2.45, 2.75) is 36.8 Å². The number of benzene rings is 1. The Morgan fingerprint density at radius 1 is 1.35 bits per heavy atom. The zero-order chi connectivity index (χ0) is 18.3. The van der Waals surface area contributed by atoms with Gasteiger partial charge in [0.05, 0.1) is 15.8 Å². The number of hydrogen-bond donors (Lipinski definition) is 1. The van der Waals surface area contributed by atoms with Crippen molar-refractivity contribution in [3.05, 3.63) is 35.0 Å². The summed E-state index contributed by atoms with van der Waals surface area (Å²) in [6.45, 7) is 2.37. The Hall–Kier alpha value is -1.86. The Morgan fingerprint density at radius 2 is 2.15 bits per heavy atom. The predicted molar refractivity (Wildman–Crippen MR) is 106 cm³/mol. The largest absolute Gasteiger partial charge is 0.312 e. The lowest BCUT2D eigenvalue weighted by molar-refractivity contribution is -0.122. The van der Waals surface area contributed by atoms with Crippen molar-refractivity contribution >= 4 is 45.7 Å². The van der Waals surface area contributed by atoms with Crippen molar-refractivity contribution in [2.75, 3.05) is 23.0 Å². The van der Waals surface area contributed by atoms with Gasteiger partial charge in [-0.15, -0.1) is 11.8 Å². The summed E-state index contributed by atoms with van der Waals surface area (Å²) in [5.74, 6) is -0.440. The molecule has 0 radical (unpaired) electrons. The first-order valence-corrected chi connectivity index (χ1v) is 10.8. The molecule has 0 spiro atoms. The zero-order valence-electron chi connectivity index (χ0n) is 14.9. The number of hydrogen-bond acceptors (Lipinski definition) is 5. The number of amides is 2. The number of fused-ring (bicyclic) bond motifs is 1. The molecule has 1 aliphatic heterocycles. The molecule has 7 heteroatoms. The van der Waals surface area contributed by atoms with Crippen molar-refractivity contribution in [3.8, 4) is 0 Å². The number of nitrogens with one attached hydrogen (secondary N) is 1. The van der Waals surface area contributed by atoms with Gasteiger partial charge in [-0.1, -0.05) is 17.4 Å². The Balaban J connectivity index is 1.46. The van der Waals surface area contributed by atoms with Crippen LogP contribution in [-0.2, 0) is 22.4 Å². The lowest BCUT2D eigenvalue weighted by Crippen LogP contribution is -2.28. The molecule has 5 nitrogen and oxygen atoms in total. The summed E-state index contributed by atoms with van der Waals surface area (Å²) in [6, 6.07) is 6.26. The molecule has 4 rings (SSSR count). The number of nitrogens with zero attached hydrogens (tertiary/aromatic N) is 2. The van der Waals surface area contributed by atoms with Crippen LogP contribution < -0.4 is 10.2 Å². The maximum atomic E-state index is 12.6. The lowest BCUT2D eigenvalue weighted by atomic mass is 10.1. The van der Waals surface area contributed by atoms with E-state index in [9.17, 15) is 9.59 Å². The monoisotopic (exact) mass is 387 g/mol. The van der Waals surface area contributed by atoms with Gasteiger partial charge in [0.1, 0.15) is 0 Å². The van der Waals surface area contributed by atoms with Crippen molar-refractivity contribution < 1.29 is 9.59 Å². The summed E-state index contributed by atoms with van der Waals surface area (Å²) < 4.78 is 1.10. The number of anilines is 2. The highest BCUT2D eigenvalue weighted by molar-refractivity contribution is 8.00. The Bertz CT molecular complexity index is 878. The highest BCUT2D eigenvalue weighted by atomic mass is 32.2. The number of aromatic nitrogens is 1. The fourth-order valence-corrected chi connectivity index (χ4v) is 5.31. The fraction of sp³-hybridized carbons (Fsp3) is 0.421. The van der Waals surface area contributed by atoms with Crippen LogP contribution in [0.25, 0.3) is 0 Å². The van der Waals surface area contributed by atoms with Crippen molar-refractivity contribution in [1.29, 1.82) is 0 Å². The molecule has 1 fully saturated rings. The molecule has 2 heterocycles. The third-order valence-corrected chi connectivity index (χ3v) is 7.34. The molecule has 1 atom stereocenters. The predicted octanol–water partition coefficient (Wildman–Crippen LogP) is 3.65. The van der Waals surface area contributed by atoms with Crippen LogP contribution in [0.5, 0.6) is 0 Å². The van der Waals surface area contributed by atoms with E-state index in [1.165, 1.54) is 28.9 Å². The topological polar surface area (TPSA) is 62.3 Å². The minimum Gasteiger partial charge on any atom is -0.312 e. The van der Waals surface area contributed by atoms with E-state index < -0.39 is 0 Å². The van der Waals surface area contributed by atoms with Gasteiger partial charge in [0.15, 0.2) is 5.13 Å². The number of aryl methyl sites for hydroxylation is 3. The Morgan fingerprint density at radius 3 is 2.92 bits per heavy atom. The Labute approximate surface area is 161 Å². The quantitative estimate of drug-likeness (QED) is 0.814. The second-order valence-electron chi connectivity index (χ2n) is 6.80. The van der Waals surface area contributed by atoms with Crippen LogP contribution in [-0.4, -0.2) is 29.6 Å². The van der Waals surface area contributed by atoms with E-state index in [1.54, 1.807) is 16.7 Å². The SMILES string of the molecule is CSc1sc(NC(=O)C2CC(=O)N(c3ccc4c(c3)CCC4)C2)nc1C. The van der Waals surface area contributed by atoms with Gasteiger partial charge in [-0.2, -0.15) is 0 Å². The Kier molecular flexibility index (Phi) is 4.75. The number of carbonyl (C=O) groups excluding carboxylic acids is 2. The number of thiazole rings is 1. The molecule has 0 bridgehead atoms. The van der Waals surface area contributed by atoms with Crippen molar-refractivity contribution in [1.82, 2.24) is 4.98 Å². The summed E-state index contributed by atoms with van der Waals surface area (Å²) in [7, 11) is 0. The smallest absolute Gasteiger partial charge is 0.231 e. The van der Waals surface area contributed by atoms with E-state index in [4.69, 9.17) is 0 Å². The van der Waals surface area contributed by atoms with E-state index >= 15 is 0 Å². The van der Waals surface area contributed by atoms with Gasteiger partial charge in [-0.25, -0.2) is 4.98 Å². The molecule has 1 N–H and O–H groups in total. The van der Waals surface area contributed by atoms with Crippen LogP contribution in [0.1, 0.15) is 29.7 Å². The highest BCUT2D eigenvalue weighted by Gasteiger charge is 2.35. The lowest BCUT2D eigenvalue weighted by Gasteiger charge is -2.17. The van der Waals surface area contributed by atoms with E-state index in [0.29, 0.717) is 11.7 Å². The van der Waals surface area contributed by atoms with Gasteiger partial charge in [-0.3, -0.25) is 9.59 Å². The van der Waals surface area contributed by atoms with E-state index in [0.717, 1.165) is 28.4 Å². The maximum absolute atomic E-state index is 12.6. The minimum atomic E-state index is -0.335. The van der Waals surface area contributed by atoms with Gasteiger partial charge in [-0.05, 0) is 55.7 Å². The minimum absolute atomic E-state index is 0.0169. The molecule has 1 aliphatic carbocycles. The van der Waals surface area contributed by atoms with Gasteiger partial charge >= 0.3 is 0 Å². The second-order valence-corrected chi connectivity index (χ2v) is 8.87. The summed E-state index contributed by atoms with van der Waals surface area (Å²) in [4.78, 5) is 31.2. The van der Waals surface area contributed by atoms with Crippen LogP contribution in [0.3, 0.4) is 0 Å². The van der Waals surface area contributed by atoms with Gasteiger partial charge < -0.3 is 10.2 Å². The van der Waals surface area contributed by atoms with E-state index in [-0.39, 0.29) is 24.2 Å². The first kappa shape index (κ1) is 17.5. The number of thioether (sulfide) groups is 1. The average molecular weight is 388 g/mol. The molecule has 0 saturated carbocycles. The molecule has 136 valence electrons. The second kappa shape index (κ2) is 7.04. The van der Waals surface area contributed by atoms with Gasteiger partial charge in [0, 0.05) is 18.7 Å². The summed E-state index contributed by atoms with van der Waals surface area (Å²) in [5, 5.41) is 3.50. The molecule has 1 saturated heterocycles. The highest BCUT2D eigenvalue weighted by Crippen LogP contribution is 2.33. The van der Waals surface area contributed by atoms with Crippen LogP contribution in [0.4, 0.5) is 10.8 Å². The molecule has 1 aromatic carbocycles. The number of rotatable bonds is 4. The third-order valence-electron chi connectivity index (χ3n) is 5.06. The molecular weight excluding hydrogens is 366 g/mol. The molecule has 2 aliphatic rings. The van der Waals surface area contributed by atoms with E-state index in [2.05, 4.69) is 22.4 Å². The molecule has 1 aromatic heterocycles. The summed E-state index contributed by atoms with van der Waals surface area (Å²) in [5.41, 5.74) is 4.57.